The maximum Gasteiger partial charge on any atom is 0.254 e. The van der Waals surface area contributed by atoms with E-state index in [1.54, 1.807) is 11.0 Å². The third-order valence-electron chi connectivity index (χ3n) is 7.12. The standard InChI is InChI=1S/C28H23FN2O4/c29-21-6-3-5-20(12-21)28(34)30-14-22-27(23(16-32)31(22)26(33)15-30)18-10-8-17(9-11-18)25-13-19-4-1-2-7-24(19)35-25/h1-13,22-23,27,32H,14-16H2/t22-,23+,27+/m0/s1. The number of nitrogens with zero attached hydrogens (tertiary/aromatic N) is 2. The van der Waals surface area contributed by atoms with E-state index < -0.39 is 5.82 Å². The fourth-order valence-electron chi connectivity index (χ4n) is 5.45. The van der Waals surface area contributed by atoms with E-state index in [2.05, 4.69) is 0 Å². The zero-order chi connectivity index (χ0) is 24.1. The third kappa shape index (κ3) is 3.59. The van der Waals surface area contributed by atoms with Gasteiger partial charge < -0.3 is 19.3 Å². The number of fused-ring (bicyclic) bond motifs is 2. The van der Waals surface area contributed by atoms with Gasteiger partial charge >= 0.3 is 0 Å². The van der Waals surface area contributed by atoms with Crippen LogP contribution < -0.4 is 0 Å². The second-order valence-corrected chi connectivity index (χ2v) is 9.11. The molecule has 6 nitrogen and oxygen atoms in total. The summed E-state index contributed by atoms with van der Waals surface area (Å²) in [5.41, 5.74) is 2.96. The van der Waals surface area contributed by atoms with Crippen molar-refractivity contribution >= 4 is 22.8 Å². The van der Waals surface area contributed by atoms with E-state index in [1.165, 1.54) is 23.1 Å². The molecular formula is C28H23FN2O4. The number of hydrogen-bond donors (Lipinski definition) is 1. The van der Waals surface area contributed by atoms with Crippen LogP contribution in [0.1, 0.15) is 21.8 Å². The van der Waals surface area contributed by atoms with Crippen LogP contribution in [0.15, 0.2) is 83.3 Å². The number of benzene rings is 3. The van der Waals surface area contributed by atoms with E-state index in [-0.39, 0.29) is 48.5 Å². The highest BCUT2D eigenvalue weighted by atomic mass is 19.1. The molecule has 35 heavy (non-hydrogen) atoms. The molecule has 0 spiro atoms. The van der Waals surface area contributed by atoms with Crippen LogP contribution in [0.2, 0.25) is 0 Å². The molecule has 3 heterocycles. The number of carbonyl (C=O) groups is 2. The summed E-state index contributed by atoms with van der Waals surface area (Å²) in [7, 11) is 0. The highest BCUT2D eigenvalue weighted by Gasteiger charge is 2.54. The Morgan fingerprint density at radius 2 is 1.83 bits per heavy atom. The zero-order valence-electron chi connectivity index (χ0n) is 18.8. The molecule has 2 amide bonds. The maximum absolute atomic E-state index is 13.6. The molecule has 2 aliphatic rings. The topological polar surface area (TPSA) is 74.0 Å². The van der Waals surface area contributed by atoms with E-state index in [9.17, 15) is 19.1 Å². The first kappa shape index (κ1) is 21.6. The van der Waals surface area contributed by atoms with Crippen LogP contribution in [-0.4, -0.2) is 58.5 Å². The first-order valence-electron chi connectivity index (χ1n) is 11.6. The number of para-hydroxylation sites is 1. The van der Waals surface area contributed by atoms with Crippen molar-refractivity contribution in [3.8, 4) is 11.3 Å². The Morgan fingerprint density at radius 3 is 2.57 bits per heavy atom. The van der Waals surface area contributed by atoms with Crippen molar-refractivity contribution in [3.63, 3.8) is 0 Å². The molecule has 1 aromatic heterocycles. The molecule has 3 aromatic carbocycles. The van der Waals surface area contributed by atoms with Crippen molar-refractivity contribution in [2.75, 3.05) is 19.7 Å². The van der Waals surface area contributed by atoms with Crippen LogP contribution in [0.25, 0.3) is 22.3 Å². The van der Waals surface area contributed by atoms with Gasteiger partial charge in [-0.3, -0.25) is 9.59 Å². The summed E-state index contributed by atoms with van der Waals surface area (Å²) in [4.78, 5) is 29.0. The zero-order valence-corrected chi connectivity index (χ0v) is 18.8. The largest absolute Gasteiger partial charge is 0.456 e. The lowest BCUT2D eigenvalue weighted by molar-refractivity contribution is -0.159. The van der Waals surface area contributed by atoms with Crippen LogP contribution in [0.3, 0.4) is 0 Å². The summed E-state index contributed by atoms with van der Waals surface area (Å²) >= 11 is 0. The average Bonchev–Trinajstić information content (AvgIpc) is 3.29. The Kier molecular flexibility index (Phi) is 5.15. The van der Waals surface area contributed by atoms with Crippen LogP contribution >= 0.6 is 0 Å². The number of amides is 2. The summed E-state index contributed by atoms with van der Waals surface area (Å²) in [6.45, 7) is 0.0870. The molecule has 2 aliphatic heterocycles. The van der Waals surface area contributed by atoms with Gasteiger partial charge in [0, 0.05) is 29.0 Å². The molecule has 2 fully saturated rings. The molecule has 7 heteroatoms. The minimum atomic E-state index is -0.493. The van der Waals surface area contributed by atoms with Gasteiger partial charge in [-0.05, 0) is 35.9 Å². The van der Waals surface area contributed by atoms with Gasteiger partial charge in [0.15, 0.2) is 0 Å². The van der Waals surface area contributed by atoms with E-state index >= 15 is 0 Å². The third-order valence-corrected chi connectivity index (χ3v) is 7.12. The van der Waals surface area contributed by atoms with Crippen molar-refractivity contribution in [2.45, 2.75) is 18.0 Å². The Labute approximate surface area is 201 Å². The molecular weight excluding hydrogens is 447 g/mol. The average molecular weight is 471 g/mol. The van der Waals surface area contributed by atoms with Gasteiger partial charge in [0.2, 0.25) is 5.91 Å². The minimum Gasteiger partial charge on any atom is -0.456 e. The first-order chi connectivity index (χ1) is 17.0. The predicted octanol–water partition coefficient (Wildman–Crippen LogP) is 4.05. The summed E-state index contributed by atoms with van der Waals surface area (Å²) in [6, 6.07) is 22.7. The lowest BCUT2D eigenvalue weighted by atomic mass is 9.73. The summed E-state index contributed by atoms with van der Waals surface area (Å²) in [6.07, 6.45) is 0. The van der Waals surface area contributed by atoms with Crippen molar-refractivity contribution in [1.29, 1.82) is 0 Å². The van der Waals surface area contributed by atoms with Gasteiger partial charge in [-0.1, -0.05) is 48.5 Å². The second kappa shape index (κ2) is 8.36. The van der Waals surface area contributed by atoms with Crippen LogP contribution in [-0.2, 0) is 4.79 Å². The van der Waals surface area contributed by atoms with Crippen molar-refractivity contribution in [1.82, 2.24) is 9.80 Å². The van der Waals surface area contributed by atoms with Crippen molar-refractivity contribution in [2.24, 2.45) is 0 Å². The Morgan fingerprint density at radius 1 is 1.03 bits per heavy atom. The monoisotopic (exact) mass is 470 g/mol. The number of furan rings is 1. The molecule has 176 valence electrons. The Hall–Kier alpha value is -3.97. The van der Waals surface area contributed by atoms with Crippen molar-refractivity contribution in [3.05, 3.63) is 95.8 Å². The van der Waals surface area contributed by atoms with Gasteiger partial charge in [0.05, 0.1) is 18.7 Å². The quantitative estimate of drug-likeness (QED) is 0.488. The molecule has 3 atom stereocenters. The normalized spacial score (nSPS) is 21.7. The number of aliphatic hydroxyl groups is 1. The van der Waals surface area contributed by atoms with Crippen molar-refractivity contribution < 1.29 is 23.5 Å². The van der Waals surface area contributed by atoms with Crippen LogP contribution in [0.4, 0.5) is 4.39 Å². The van der Waals surface area contributed by atoms with Crippen LogP contribution in [0.5, 0.6) is 0 Å². The molecule has 0 bridgehead atoms. The van der Waals surface area contributed by atoms with Crippen LogP contribution in [0, 0.1) is 5.82 Å². The number of piperazine rings is 1. The van der Waals surface area contributed by atoms with Gasteiger partial charge in [-0.15, -0.1) is 0 Å². The highest BCUT2D eigenvalue weighted by molar-refractivity contribution is 5.97. The highest BCUT2D eigenvalue weighted by Crippen LogP contribution is 2.43. The second-order valence-electron chi connectivity index (χ2n) is 9.11. The van der Waals surface area contributed by atoms with Gasteiger partial charge in [0.1, 0.15) is 23.7 Å². The molecule has 1 N–H and O–H groups in total. The van der Waals surface area contributed by atoms with E-state index in [1.807, 2.05) is 54.6 Å². The minimum absolute atomic E-state index is 0.0833. The van der Waals surface area contributed by atoms with Gasteiger partial charge in [0.25, 0.3) is 5.91 Å². The van der Waals surface area contributed by atoms with E-state index in [0.717, 1.165) is 27.9 Å². The summed E-state index contributed by atoms with van der Waals surface area (Å²) in [5.74, 6) is -0.417. The molecule has 2 saturated heterocycles. The van der Waals surface area contributed by atoms with E-state index in [0.29, 0.717) is 6.54 Å². The van der Waals surface area contributed by atoms with Gasteiger partial charge in [-0.2, -0.15) is 0 Å². The molecule has 0 radical (unpaired) electrons. The lowest BCUT2D eigenvalue weighted by Gasteiger charge is -2.58. The molecule has 4 aromatic rings. The fraction of sp³-hybridized carbons (Fsp3) is 0.214. The fourth-order valence-corrected chi connectivity index (χ4v) is 5.45. The molecule has 0 unspecified atom stereocenters. The maximum atomic E-state index is 13.6. The SMILES string of the molecule is O=C(c1cccc(F)c1)N1CC(=O)N2[C@H](CO)[C@H](c3ccc(-c4cc5ccccc5o4)cc3)[C@@H]2C1. The molecule has 0 saturated carbocycles. The summed E-state index contributed by atoms with van der Waals surface area (Å²) in [5, 5.41) is 11.1. The lowest BCUT2D eigenvalue weighted by Crippen LogP contribution is -2.73. The van der Waals surface area contributed by atoms with Gasteiger partial charge in [-0.25, -0.2) is 4.39 Å². The number of carbonyl (C=O) groups excluding carboxylic acids is 2. The Bertz CT molecular complexity index is 1400. The molecule has 6 rings (SSSR count). The smallest absolute Gasteiger partial charge is 0.254 e. The summed E-state index contributed by atoms with van der Waals surface area (Å²) < 4.78 is 19.6. The molecule has 0 aliphatic carbocycles. The number of aliphatic hydroxyl groups excluding tert-OH is 1. The van der Waals surface area contributed by atoms with E-state index in [4.69, 9.17) is 4.42 Å². The number of halogens is 1. The number of hydrogen-bond acceptors (Lipinski definition) is 4. The Balaban J connectivity index is 1.25. The predicted molar refractivity (Wildman–Crippen MR) is 128 cm³/mol. The number of rotatable bonds is 4. The first-order valence-corrected chi connectivity index (χ1v) is 11.6.